The highest BCUT2D eigenvalue weighted by Gasteiger charge is 2.21. The zero-order valence-corrected chi connectivity index (χ0v) is 29.4. The second-order valence-corrected chi connectivity index (χ2v) is 13.9. The van der Waals surface area contributed by atoms with Gasteiger partial charge in [0.25, 0.3) is 0 Å². The predicted octanol–water partition coefficient (Wildman–Crippen LogP) is 13.4. The van der Waals surface area contributed by atoms with E-state index in [1.807, 2.05) is 6.07 Å². The monoisotopic (exact) mass is 687 g/mol. The Morgan fingerprint density at radius 2 is 0.833 bits per heavy atom. The SMILES string of the molecule is c1ccc(-c2cccc(-c3cccc4c3c3c5ccccc5c(-c5ccc(-n6c7ccccc7c7ccccc76)cc5)cc3n4-c3ccccc3)n2)cc1. The van der Waals surface area contributed by atoms with E-state index in [2.05, 4.69) is 203 Å². The van der Waals surface area contributed by atoms with E-state index in [9.17, 15) is 0 Å². The van der Waals surface area contributed by atoms with E-state index in [0.717, 1.165) is 39.4 Å². The Morgan fingerprint density at radius 1 is 0.296 bits per heavy atom. The number of fused-ring (bicyclic) bond motifs is 8. The maximum atomic E-state index is 5.25. The summed E-state index contributed by atoms with van der Waals surface area (Å²) in [5.41, 5.74) is 13.6. The summed E-state index contributed by atoms with van der Waals surface area (Å²) in [5, 5.41) is 7.42. The van der Waals surface area contributed by atoms with E-state index in [0.29, 0.717) is 0 Å². The van der Waals surface area contributed by atoms with Crippen molar-refractivity contribution in [2.45, 2.75) is 0 Å². The second kappa shape index (κ2) is 12.2. The first-order valence-corrected chi connectivity index (χ1v) is 18.5. The van der Waals surface area contributed by atoms with Gasteiger partial charge in [-0.1, -0.05) is 140 Å². The molecule has 0 saturated heterocycles. The van der Waals surface area contributed by atoms with Crippen LogP contribution in [0.2, 0.25) is 0 Å². The van der Waals surface area contributed by atoms with Gasteiger partial charge in [-0.15, -0.1) is 0 Å². The van der Waals surface area contributed by atoms with Crippen LogP contribution in [0.4, 0.5) is 0 Å². The summed E-state index contributed by atoms with van der Waals surface area (Å²) in [6, 6.07) is 71.9. The van der Waals surface area contributed by atoms with Gasteiger partial charge in [0, 0.05) is 44.0 Å². The molecule has 0 radical (unpaired) electrons. The van der Waals surface area contributed by atoms with E-state index >= 15 is 0 Å². The molecule has 0 N–H and O–H groups in total. The molecular formula is C51H33N3. The predicted molar refractivity (Wildman–Crippen MR) is 227 cm³/mol. The van der Waals surface area contributed by atoms with Crippen molar-refractivity contribution < 1.29 is 0 Å². The van der Waals surface area contributed by atoms with Crippen molar-refractivity contribution in [1.29, 1.82) is 0 Å². The lowest BCUT2D eigenvalue weighted by Crippen LogP contribution is -1.95. The van der Waals surface area contributed by atoms with Crippen LogP contribution in [0, 0.1) is 0 Å². The van der Waals surface area contributed by atoms with Crippen molar-refractivity contribution in [3.8, 4) is 45.0 Å². The Hall–Kier alpha value is -7.23. The average molecular weight is 688 g/mol. The third-order valence-corrected chi connectivity index (χ3v) is 10.9. The summed E-state index contributed by atoms with van der Waals surface area (Å²) in [6.07, 6.45) is 0. The molecule has 0 unspecified atom stereocenters. The summed E-state index contributed by atoms with van der Waals surface area (Å²) in [5.74, 6) is 0. The van der Waals surface area contributed by atoms with Crippen LogP contribution in [0.25, 0.3) is 99.4 Å². The highest BCUT2D eigenvalue weighted by Crippen LogP contribution is 2.45. The topological polar surface area (TPSA) is 22.8 Å². The Labute approximate surface area is 312 Å². The highest BCUT2D eigenvalue weighted by atomic mass is 15.0. The number of benzene rings is 8. The molecule has 8 aromatic carbocycles. The average Bonchev–Trinajstić information content (AvgIpc) is 3.77. The maximum absolute atomic E-state index is 5.25. The number of aromatic nitrogens is 3. The molecule has 0 fully saturated rings. The van der Waals surface area contributed by atoms with Crippen LogP contribution in [-0.4, -0.2) is 14.1 Å². The van der Waals surface area contributed by atoms with Crippen LogP contribution >= 0.6 is 0 Å². The van der Waals surface area contributed by atoms with E-state index < -0.39 is 0 Å². The normalized spacial score (nSPS) is 11.7. The first-order valence-electron chi connectivity index (χ1n) is 18.5. The van der Waals surface area contributed by atoms with Gasteiger partial charge < -0.3 is 9.13 Å². The third kappa shape index (κ3) is 4.65. The summed E-state index contributed by atoms with van der Waals surface area (Å²) in [7, 11) is 0. The lowest BCUT2D eigenvalue weighted by Gasteiger charge is -2.13. The zero-order chi connectivity index (χ0) is 35.6. The summed E-state index contributed by atoms with van der Waals surface area (Å²) in [4.78, 5) is 5.25. The molecule has 3 heterocycles. The van der Waals surface area contributed by atoms with Gasteiger partial charge >= 0.3 is 0 Å². The molecule has 11 rings (SSSR count). The van der Waals surface area contributed by atoms with E-state index in [4.69, 9.17) is 4.98 Å². The molecule has 0 saturated carbocycles. The minimum Gasteiger partial charge on any atom is -0.309 e. The maximum Gasteiger partial charge on any atom is 0.0716 e. The van der Waals surface area contributed by atoms with Crippen molar-refractivity contribution in [3.63, 3.8) is 0 Å². The number of nitrogens with zero attached hydrogens (tertiary/aromatic N) is 3. The Balaban J connectivity index is 1.16. The van der Waals surface area contributed by atoms with Crippen molar-refractivity contribution in [1.82, 2.24) is 14.1 Å². The first kappa shape index (κ1) is 30.4. The lowest BCUT2D eigenvalue weighted by atomic mass is 9.93. The molecule has 3 heteroatoms. The fourth-order valence-electron chi connectivity index (χ4n) is 8.57. The largest absolute Gasteiger partial charge is 0.309 e. The Morgan fingerprint density at radius 3 is 1.56 bits per heavy atom. The Kier molecular flexibility index (Phi) is 6.86. The molecule has 0 atom stereocenters. The minimum atomic E-state index is 0.961. The van der Waals surface area contributed by atoms with Gasteiger partial charge in [-0.25, -0.2) is 4.98 Å². The molecule has 3 aromatic heterocycles. The standard InChI is InChI=1S/C51H33N3/c1-3-15-35(16-4-1)44-24-14-25-45(52-44)42-23-13-28-48-51(42)50-41-22-8-7-19-38(41)43(33-49(50)54(48)36-17-5-2-6-18-36)34-29-31-37(32-30-34)53-46-26-11-9-20-39(46)40-21-10-12-27-47(40)53/h1-33H. The zero-order valence-electron chi connectivity index (χ0n) is 29.4. The molecular weight excluding hydrogens is 655 g/mol. The highest BCUT2D eigenvalue weighted by molar-refractivity contribution is 6.27. The van der Waals surface area contributed by atoms with Crippen molar-refractivity contribution in [2.24, 2.45) is 0 Å². The van der Waals surface area contributed by atoms with E-state index in [1.165, 1.54) is 60.0 Å². The number of para-hydroxylation sites is 3. The molecule has 0 aliphatic rings. The lowest BCUT2D eigenvalue weighted by molar-refractivity contribution is 1.18. The molecule has 0 amide bonds. The Bertz CT molecular complexity index is 3140. The molecule has 252 valence electrons. The summed E-state index contributed by atoms with van der Waals surface area (Å²) in [6.45, 7) is 0. The van der Waals surface area contributed by atoms with Crippen LogP contribution < -0.4 is 0 Å². The van der Waals surface area contributed by atoms with Crippen molar-refractivity contribution in [2.75, 3.05) is 0 Å². The van der Waals surface area contributed by atoms with Crippen LogP contribution in [-0.2, 0) is 0 Å². The van der Waals surface area contributed by atoms with Crippen molar-refractivity contribution >= 4 is 54.4 Å². The first-order chi connectivity index (χ1) is 26.8. The van der Waals surface area contributed by atoms with Crippen LogP contribution in [0.1, 0.15) is 0 Å². The van der Waals surface area contributed by atoms with Gasteiger partial charge in [0.15, 0.2) is 0 Å². The van der Waals surface area contributed by atoms with Crippen molar-refractivity contribution in [3.05, 3.63) is 200 Å². The number of hydrogen-bond acceptors (Lipinski definition) is 1. The quantitative estimate of drug-likeness (QED) is 0.177. The molecule has 3 nitrogen and oxygen atoms in total. The van der Waals surface area contributed by atoms with Gasteiger partial charge in [-0.3, -0.25) is 0 Å². The van der Waals surface area contributed by atoms with E-state index in [-0.39, 0.29) is 0 Å². The number of hydrogen-bond donors (Lipinski definition) is 0. The number of pyridine rings is 1. The number of rotatable bonds is 5. The minimum absolute atomic E-state index is 0.961. The van der Waals surface area contributed by atoms with Gasteiger partial charge in [-0.2, -0.15) is 0 Å². The van der Waals surface area contributed by atoms with Crippen LogP contribution in [0.3, 0.4) is 0 Å². The summed E-state index contributed by atoms with van der Waals surface area (Å²) < 4.78 is 4.81. The molecule has 0 spiro atoms. The molecule has 0 aliphatic heterocycles. The van der Waals surface area contributed by atoms with Gasteiger partial charge in [-0.05, 0) is 82.6 Å². The van der Waals surface area contributed by atoms with Crippen LogP contribution in [0.5, 0.6) is 0 Å². The molecule has 54 heavy (non-hydrogen) atoms. The van der Waals surface area contributed by atoms with Gasteiger partial charge in [0.2, 0.25) is 0 Å². The fraction of sp³-hybridized carbons (Fsp3) is 0. The van der Waals surface area contributed by atoms with Crippen LogP contribution in [0.15, 0.2) is 200 Å². The third-order valence-electron chi connectivity index (χ3n) is 10.9. The summed E-state index contributed by atoms with van der Waals surface area (Å²) >= 11 is 0. The van der Waals surface area contributed by atoms with E-state index in [1.54, 1.807) is 0 Å². The molecule has 11 aromatic rings. The van der Waals surface area contributed by atoms with Gasteiger partial charge in [0.05, 0.1) is 33.5 Å². The smallest absolute Gasteiger partial charge is 0.0716 e. The fourth-order valence-corrected chi connectivity index (χ4v) is 8.57. The second-order valence-electron chi connectivity index (χ2n) is 13.9. The molecule has 0 bridgehead atoms. The molecule has 0 aliphatic carbocycles. The van der Waals surface area contributed by atoms with Gasteiger partial charge in [0.1, 0.15) is 0 Å².